The van der Waals surface area contributed by atoms with Gasteiger partial charge < -0.3 is 5.32 Å². The summed E-state index contributed by atoms with van der Waals surface area (Å²) in [6.07, 6.45) is 2.65. The number of hydrogen-bond acceptors (Lipinski definition) is 2. The number of hydrogen-bond donors (Lipinski definition) is 1. The molecule has 1 aliphatic heterocycles. The third kappa shape index (κ3) is 4.32. The predicted octanol–water partition coefficient (Wildman–Crippen LogP) is 3.46. The highest BCUT2D eigenvalue weighted by molar-refractivity contribution is 5.19. The van der Waals surface area contributed by atoms with Gasteiger partial charge in [-0.1, -0.05) is 44.2 Å². The Morgan fingerprint density at radius 1 is 1.16 bits per heavy atom. The molecule has 19 heavy (non-hydrogen) atoms. The Bertz CT molecular complexity index is 361. The van der Waals surface area contributed by atoms with Crippen LogP contribution in [0.15, 0.2) is 30.3 Å². The summed E-state index contributed by atoms with van der Waals surface area (Å²) in [4.78, 5) is 2.65. The normalized spacial score (nSPS) is 22.6. The molecule has 0 amide bonds. The highest BCUT2D eigenvalue weighted by atomic mass is 15.2. The first kappa shape index (κ1) is 14.5. The lowest BCUT2D eigenvalue weighted by molar-refractivity contribution is 0.142. The van der Waals surface area contributed by atoms with E-state index in [2.05, 4.69) is 61.3 Å². The second-order valence-corrected chi connectivity index (χ2v) is 6.23. The van der Waals surface area contributed by atoms with Crippen molar-refractivity contribution in [3.8, 4) is 0 Å². The zero-order chi connectivity index (χ0) is 13.7. The summed E-state index contributed by atoms with van der Waals surface area (Å²) in [6, 6.07) is 12.0. The first-order valence-electron chi connectivity index (χ1n) is 7.69. The molecule has 2 rings (SSSR count). The van der Waals surface area contributed by atoms with Gasteiger partial charge in [-0.15, -0.1) is 0 Å². The van der Waals surface area contributed by atoms with E-state index in [4.69, 9.17) is 0 Å². The molecule has 1 saturated heterocycles. The molecule has 0 aliphatic carbocycles. The number of piperazine rings is 1. The van der Waals surface area contributed by atoms with Gasteiger partial charge in [0.25, 0.3) is 0 Å². The first-order valence-corrected chi connectivity index (χ1v) is 7.69. The maximum atomic E-state index is 3.64. The van der Waals surface area contributed by atoms with Crippen molar-refractivity contribution in [2.45, 2.75) is 45.7 Å². The molecule has 0 bridgehead atoms. The van der Waals surface area contributed by atoms with Gasteiger partial charge in [0, 0.05) is 31.7 Å². The second-order valence-electron chi connectivity index (χ2n) is 6.23. The number of nitrogens with one attached hydrogen (secondary N) is 1. The molecule has 1 N–H and O–H groups in total. The van der Waals surface area contributed by atoms with Crippen LogP contribution in [0.25, 0.3) is 0 Å². The Kier molecular flexibility index (Phi) is 5.41. The van der Waals surface area contributed by atoms with E-state index < -0.39 is 0 Å². The maximum absolute atomic E-state index is 3.64. The fourth-order valence-electron chi connectivity index (χ4n) is 2.84. The average molecular weight is 260 g/mol. The topological polar surface area (TPSA) is 15.3 Å². The van der Waals surface area contributed by atoms with Gasteiger partial charge in [-0.2, -0.15) is 0 Å². The van der Waals surface area contributed by atoms with Gasteiger partial charge in [-0.05, 0) is 31.2 Å². The van der Waals surface area contributed by atoms with Gasteiger partial charge in [0.15, 0.2) is 0 Å². The Morgan fingerprint density at radius 3 is 2.58 bits per heavy atom. The summed E-state index contributed by atoms with van der Waals surface area (Å²) < 4.78 is 0. The molecule has 1 heterocycles. The molecule has 2 heteroatoms. The average Bonchev–Trinajstić information content (AvgIpc) is 2.46. The van der Waals surface area contributed by atoms with Crippen LogP contribution in [0.2, 0.25) is 0 Å². The molecule has 0 spiro atoms. The van der Waals surface area contributed by atoms with Crippen molar-refractivity contribution in [2.75, 3.05) is 19.6 Å². The Balaban J connectivity index is 1.90. The van der Waals surface area contributed by atoms with Crippen LogP contribution >= 0.6 is 0 Å². The van der Waals surface area contributed by atoms with Gasteiger partial charge in [-0.25, -0.2) is 0 Å². The molecule has 1 aliphatic rings. The van der Waals surface area contributed by atoms with E-state index in [1.54, 1.807) is 0 Å². The molecule has 1 aromatic carbocycles. The lowest BCUT2D eigenvalue weighted by Gasteiger charge is -2.38. The number of benzene rings is 1. The predicted molar refractivity (Wildman–Crippen MR) is 82.3 cm³/mol. The van der Waals surface area contributed by atoms with Gasteiger partial charge >= 0.3 is 0 Å². The van der Waals surface area contributed by atoms with E-state index in [1.165, 1.54) is 24.9 Å². The van der Waals surface area contributed by atoms with Crippen LogP contribution in [0, 0.1) is 5.92 Å². The van der Waals surface area contributed by atoms with Crippen molar-refractivity contribution in [3.63, 3.8) is 0 Å². The molecule has 2 nitrogen and oxygen atoms in total. The molecule has 106 valence electrons. The van der Waals surface area contributed by atoms with Gasteiger partial charge in [0.1, 0.15) is 0 Å². The van der Waals surface area contributed by atoms with Crippen LogP contribution in [-0.4, -0.2) is 30.6 Å². The first-order chi connectivity index (χ1) is 9.16. The Hall–Kier alpha value is -0.860. The van der Waals surface area contributed by atoms with Crippen LogP contribution < -0.4 is 5.32 Å². The van der Waals surface area contributed by atoms with Crippen LogP contribution in [0.3, 0.4) is 0 Å². The number of rotatable bonds is 5. The van der Waals surface area contributed by atoms with Crippen molar-refractivity contribution >= 4 is 0 Å². The van der Waals surface area contributed by atoms with Crippen molar-refractivity contribution < 1.29 is 0 Å². The van der Waals surface area contributed by atoms with Crippen LogP contribution in [0.1, 0.15) is 45.2 Å². The molecule has 2 atom stereocenters. The van der Waals surface area contributed by atoms with E-state index in [-0.39, 0.29) is 0 Å². The summed E-state index contributed by atoms with van der Waals surface area (Å²) in [5, 5.41) is 3.64. The standard InChI is InChI=1S/C17H28N2/c1-14(2)9-10-15(3)19-12-11-18-17(13-19)16-7-5-4-6-8-16/h4-8,14-15,17-18H,9-13H2,1-3H3. The van der Waals surface area contributed by atoms with Gasteiger partial charge in [-0.3, -0.25) is 4.90 Å². The van der Waals surface area contributed by atoms with Crippen LogP contribution in [0.4, 0.5) is 0 Å². The molecule has 0 saturated carbocycles. The monoisotopic (exact) mass is 260 g/mol. The minimum absolute atomic E-state index is 0.497. The molecule has 1 aromatic rings. The highest BCUT2D eigenvalue weighted by Crippen LogP contribution is 2.20. The fourth-order valence-corrected chi connectivity index (χ4v) is 2.84. The van der Waals surface area contributed by atoms with Gasteiger partial charge in [0.2, 0.25) is 0 Å². The van der Waals surface area contributed by atoms with Crippen LogP contribution in [0.5, 0.6) is 0 Å². The molecular formula is C17H28N2. The van der Waals surface area contributed by atoms with E-state index in [9.17, 15) is 0 Å². The highest BCUT2D eigenvalue weighted by Gasteiger charge is 2.23. The third-order valence-electron chi connectivity index (χ3n) is 4.19. The number of nitrogens with zero attached hydrogens (tertiary/aromatic N) is 1. The smallest absolute Gasteiger partial charge is 0.0449 e. The summed E-state index contributed by atoms with van der Waals surface area (Å²) in [5.74, 6) is 0.815. The fraction of sp³-hybridized carbons (Fsp3) is 0.647. The minimum Gasteiger partial charge on any atom is -0.308 e. The van der Waals surface area contributed by atoms with E-state index in [1.807, 2.05) is 0 Å². The molecule has 1 fully saturated rings. The molecule has 2 unspecified atom stereocenters. The van der Waals surface area contributed by atoms with Crippen molar-refractivity contribution in [2.24, 2.45) is 5.92 Å². The molecular weight excluding hydrogens is 232 g/mol. The molecule has 0 radical (unpaired) electrons. The van der Waals surface area contributed by atoms with Crippen molar-refractivity contribution in [1.82, 2.24) is 10.2 Å². The largest absolute Gasteiger partial charge is 0.308 e. The summed E-state index contributed by atoms with van der Waals surface area (Å²) in [6.45, 7) is 10.4. The van der Waals surface area contributed by atoms with E-state index in [0.717, 1.165) is 19.0 Å². The summed E-state index contributed by atoms with van der Waals surface area (Å²) >= 11 is 0. The Labute approximate surface area is 118 Å². The second kappa shape index (κ2) is 7.06. The summed E-state index contributed by atoms with van der Waals surface area (Å²) in [7, 11) is 0. The van der Waals surface area contributed by atoms with Crippen LogP contribution in [-0.2, 0) is 0 Å². The minimum atomic E-state index is 0.497. The lowest BCUT2D eigenvalue weighted by atomic mass is 10.00. The quantitative estimate of drug-likeness (QED) is 0.872. The zero-order valence-corrected chi connectivity index (χ0v) is 12.6. The Morgan fingerprint density at radius 2 is 1.89 bits per heavy atom. The van der Waals surface area contributed by atoms with Gasteiger partial charge in [0.05, 0.1) is 0 Å². The lowest BCUT2D eigenvalue weighted by Crippen LogP contribution is -2.49. The third-order valence-corrected chi connectivity index (χ3v) is 4.19. The maximum Gasteiger partial charge on any atom is 0.0449 e. The molecule has 0 aromatic heterocycles. The van der Waals surface area contributed by atoms with E-state index >= 15 is 0 Å². The summed E-state index contributed by atoms with van der Waals surface area (Å²) in [5.41, 5.74) is 1.42. The SMILES string of the molecule is CC(C)CCC(C)N1CCNC(c2ccccc2)C1. The van der Waals surface area contributed by atoms with E-state index in [0.29, 0.717) is 12.1 Å². The van der Waals surface area contributed by atoms with Crippen molar-refractivity contribution in [3.05, 3.63) is 35.9 Å². The van der Waals surface area contributed by atoms with Crippen molar-refractivity contribution in [1.29, 1.82) is 0 Å². The zero-order valence-electron chi connectivity index (χ0n) is 12.6.